The second kappa shape index (κ2) is 6.64. The minimum atomic E-state index is 0.669. The van der Waals surface area contributed by atoms with Crippen LogP contribution in [0.2, 0.25) is 0 Å². The molecule has 0 aliphatic heterocycles. The van der Waals surface area contributed by atoms with E-state index in [1.54, 1.807) is 0 Å². The fourth-order valence-corrected chi connectivity index (χ4v) is 3.81. The van der Waals surface area contributed by atoms with E-state index in [4.69, 9.17) is 5.26 Å². The molecule has 0 radical (unpaired) electrons. The molecular weight excluding hydrogens is 340 g/mol. The number of nitrogens with zero attached hydrogens (tertiary/aromatic N) is 2. The summed E-state index contributed by atoms with van der Waals surface area (Å²) >= 11 is 0. The van der Waals surface area contributed by atoms with Gasteiger partial charge in [0.1, 0.15) is 0 Å². The van der Waals surface area contributed by atoms with E-state index in [0.717, 1.165) is 17.0 Å². The Labute approximate surface area is 163 Å². The molecule has 0 bridgehead atoms. The molecular formula is C26H17N2+. The third kappa shape index (κ3) is 2.62. The Balaban J connectivity index is 1.92. The Morgan fingerprint density at radius 2 is 1.32 bits per heavy atom. The molecule has 0 amide bonds. The number of fused-ring (bicyclic) bond motifs is 3. The minimum absolute atomic E-state index is 0.669. The Morgan fingerprint density at radius 1 is 0.607 bits per heavy atom. The molecule has 0 atom stereocenters. The maximum absolute atomic E-state index is 9.13. The van der Waals surface area contributed by atoms with Crippen LogP contribution in [-0.2, 0) is 0 Å². The van der Waals surface area contributed by atoms with Gasteiger partial charge in [0.2, 0.25) is 16.9 Å². The van der Waals surface area contributed by atoms with E-state index in [-0.39, 0.29) is 0 Å². The number of rotatable bonds is 2. The molecule has 0 aliphatic rings. The molecule has 2 heteroatoms. The highest BCUT2D eigenvalue weighted by molar-refractivity contribution is 5.95. The SMILES string of the molecule is N#Cc1ccc(-c2cccc3c4ccccc4cc(-c4ccccc4)[n+]23)cc1. The van der Waals surface area contributed by atoms with E-state index in [9.17, 15) is 0 Å². The average molecular weight is 357 g/mol. The van der Waals surface area contributed by atoms with Gasteiger partial charge in [0.25, 0.3) is 0 Å². The van der Waals surface area contributed by atoms with Crippen LogP contribution < -0.4 is 4.40 Å². The number of hydrogen-bond donors (Lipinski definition) is 0. The number of aromatic nitrogens is 1. The molecule has 28 heavy (non-hydrogen) atoms. The van der Waals surface area contributed by atoms with Crippen molar-refractivity contribution in [3.8, 4) is 28.6 Å². The van der Waals surface area contributed by atoms with Crippen LogP contribution in [0, 0.1) is 11.3 Å². The molecule has 5 rings (SSSR count). The van der Waals surface area contributed by atoms with Crippen molar-refractivity contribution in [1.82, 2.24) is 0 Å². The number of pyridine rings is 2. The summed E-state index contributed by atoms with van der Waals surface area (Å²) in [5, 5.41) is 11.6. The van der Waals surface area contributed by atoms with Gasteiger partial charge in [-0.3, -0.25) is 0 Å². The van der Waals surface area contributed by atoms with Crippen molar-refractivity contribution in [2.75, 3.05) is 0 Å². The van der Waals surface area contributed by atoms with Gasteiger partial charge in [-0.05, 0) is 53.9 Å². The van der Waals surface area contributed by atoms with Crippen molar-refractivity contribution in [2.45, 2.75) is 0 Å². The Morgan fingerprint density at radius 3 is 2.11 bits per heavy atom. The van der Waals surface area contributed by atoms with E-state index in [1.807, 2.05) is 30.3 Å². The molecule has 0 fully saturated rings. The molecule has 130 valence electrons. The lowest BCUT2D eigenvalue weighted by molar-refractivity contribution is -0.485. The fraction of sp³-hybridized carbons (Fsp3) is 0. The second-order valence-corrected chi connectivity index (χ2v) is 6.80. The Kier molecular flexibility index (Phi) is 3.85. The average Bonchev–Trinajstić information content (AvgIpc) is 2.79. The molecule has 0 aliphatic carbocycles. The highest BCUT2D eigenvalue weighted by Gasteiger charge is 2.21. The van der Waals surface area contributed by atoms with Crippen molar-refractivity contribution in [2.24, 2.45) is 0 Å². The molecule has 2 aromatic heterocycles. The second-order valence-electron chi connectivity index (χ2n) is 6.80. The summed E-state index contributed by atoms with van der Waals surface area (Å²) in [5.74, 6) is 0. The van der Waals surface area contributed by atoms with Crippen LogP contribution in [0.3, 0.4) is 0 Å². The summed E-state index contributed by atoms with van der Waals surface area (Å²) in [5.41, 5.74) is 6.34. The van der Waals surface area contributed by atoms with E-state index in [2.05, 4.69) is 83.3 Å². The molecule has 0 N–H and O–H groups in total. The van der Waals surface area contributed by atoms with Crippen molar-refractivity contribution in [1.29, 1.82) is 5.26 Å². The predicted octanol–water partition coefficient (Wildman–Crippen LogP) is 5.78. The van der Waals surface area contributed by atoms with Crippen LogP contribution in [0.15, 0.2) is 103 Å². The highest BCUT2D eigenvalue weighted by Crippen LogP contribution is 2.27. The van der Waals surface area contributed by atoms with Crippen molar-refractivity contribution < 1.29 is 4.40 Å². The number of benzene rings is 3. The van der Waals surface area contributed by atoms with Gasteiger partial charge in [-0.15, -0.1) is 0 Å². The summed E-state index contributed by atoms with van der Waals surface area (Å²) in [7, 11) is 0. The third-order valence-corrected chi connectivity index (χ3v) is 5.14. The van der Waals surface area contributed by atoms with E-state index >= 15 is 0 Å². The van der Waals surface area contributed by atoms with E-state index in [1.165, 1.54) is 21.9 Å². The summed E-state index contributed by atoms with van der Waals surface area (Å²) in [6, 6.07) is 37.6. The van der Waals surface area contributed by atoms with Crippen molar-refractivity contribution >= 4 is 16.3 Å². The van der Waals surface area contributed by atoms with Crippen molar-refractivity contribution in [3.05, 3.63) is 109 Å². The summed E-state index contributed by atoms with van der Waals surface area (Å²) in [6.45, 7) is 0. The predicted molar refractivity (Wildman–Crippen MR) is 113 cm³/mol. The first-order valence-corrected chi connectivity index (χ1v) is 9.28. The topological polar surface area (TPSA) is 27.9 Å². The smallest absolute Gasteiger partial charge is 0.192 e. The van der Waals surface area contributed by atoms with Gasteiger partial charge in [-0.25, -0.2) is 0 Å². The van der Waals surface area contributed by atoms with E-state index in [0.29, 0.717) is 5.56 Å². The van der Waals surface area contributed by atoms with Gasteiger partial charge in [0, 0.05) is 29.3 Å². The van der Waals surface area contributed by atoms with Gasteiger partial charge in [0.05, 0.1) is 17.0 Å². The largest absolute Gasteiger partial charge is 0.219 e. The molecule has 0 unspecified atom stereocenters. The Hall–Kier alpha value is -3.96. The van der Waals surface area contributed by atoms with Crippen LogP contribution in [-0.4, -0.2) is 0 Å². The first kappa shape index (κ1) is 16.2. The van der Waals surface area contributed by atoms with Crippen LogP contribution in [0.5, 0.6) is 0 Å². The molecule has 0 spiro atoms. The number of hydrogen-bond acceptors (Lipinski definition) is 1. The lowest BCUT2D eigenvalue weighted by Gasteiger charge is -2.08. The zero-order valence-electron chi connectivity index (χ0n) is 15.2. The van der Waals surface area contributed by atoms with Gasteiger partial charge >= 0.3 is 0 Å². The maximum Gasteiger partial charge on any atom is 0.219 e. The summed E-state index contributed by atoms with van der Waals surface area (Å²) in [4.78, 5) is 0. The highest BCUT2D eigenvalue weighted by atomic mass is 14.9. The molecule has 5 aromatic rings. The molecule has 2 heterocycles. The first-order valence-electron chi connectivity index (χ1n) is 9.28. The molecule has 0 saturated heterocycles. The summed E-state index contributed by atoms with van der Waals surface area (Å²) < 4.78 is 2.32. The molecule has 3 aromatic carbocycles. The molecule has 2 nitrogen and oxygen atoms in total. The van der Waals surface area contributed by atoms with Gasteiger partial charge in [-0.1, -0.05) is 36.4 Å². The summed E-state index contributed by atoms with van der Waals surface area (Å²) in [6.07, 6.45) is 0. The van der Waals surface area contributed by atoms with Gasteiger partial charge in [0.15, 0.2) is 0 Å². The van der Waals surface area contributed by atoms with Gasteiger partial charge in [-0.2, -0.15) is 9.66 Å². The van der Waals surface area contributed by atoms with Crippen LogP contribution in [0.1, 0.15) is 5.56 Å². The van der Waals surface area contributed by atoms with E-state index < -0.39 is 0 Å². The van der Waals surface area contributed by atoms with Gasteiger partial charge < -0.3 is 0 Å². The maximum atomic E-state index is 9.13. The normalized spacial score (nSPS) is 10.8. The monoisotopic (exact) mass is 357 g/mol. The fourth-order valence-electron chi connectivity index (χ4n) is 3.81. The number of nitriles is 1. The van der Waals surface area contributed by atoms with Crippen LogP contribution in [0.25, 0.3) is 38.8 Å². The lowest BCUT2D eigenvalue weighted by atomic mass is 10.0. The van der Waals surface area contributed by atoms with Crippen LogP contribution in [0.4, 0.5) is 0 Å². The standard InChI is InChI=1S/C26H17N2/c27-18-19-13-15-21(16-14-19)24-11-6-12-25-23-10-5-4-9-22(23)17-26(28(24)25)20-7-2-1-3-8-20/h1-17H/q+1. The van der Waals surface area contributed by atoms with Crippen LogP contribution >= 0.6 is 0 Å². The zero-order valence-corrected chi connectivity index (χ0v) is 15.2. The first-order chi connectivity index (χ1) is 13.8. The lowest BCUT2D eigenvalue weighted by Crippen LogP contribution is -2.28. The zero-order chi connectivity index (χ0) is 18.9. The van der Waals surface area contributed by atoms with Crippen molar-refractivity contribution in [3.63, 3.8) is 0 Å². The third-order valence-electron chi connectivity index (χ3n) is 5.14. The quantitative estimate of drug-likeness (QED) is 0.290. The minimum Gasteiger partial charge on any atom is -0.192 e. The Bertz CT molecular complexity index is 1350. The molecule has 0 saturated carbocycles.